The molecule has 6 nitrogen and oxygen atoms in total. The molecule has 8 heteroatoms. The molecule has 3 rings (SSSR count). The second-order valence-electron chi connectivity index (χ2n) is 5.34. The third-order valence-electron chi connectivity index (χ3n) is 3.57. The topological polar surface area (TPSA) is 74.1 Å². The Labute approximate surface area is 151 Å². The maximum absolute atomic E-state index is 11.6. The van der Waals surface area contributed by atoms with Crippen molar-refractivity contribution < 1.29 is 13.2 Å². The number of hydrogen-bond donors (Lipinski definition) is 0. The fourth-order valence-electron chi connectivity index (χ4n) is 2.39. The standard InChI is InChI=1S/C17H16ClN3O3S/c1-3-24-15-9-4-12(10-19-15)16-17(18)20-11-21(16)13-5-7-14(8-6-13)25(2,22)23/h4-11H,3H2,1-2H3. The summed E-state index contributed by atoms with van der Waals surface area (Å²) in [6.07, 6.45) is 4.42. The van der Waals surface area contributed by atoms with Crippen LogP contribution in [0.25, 0.3) is 16.9 Å². The van der Waals surface area contributed by atoms with E-state index < -0.39 is 9.84 Å². The van der Waals surface area contributed by atoms with Gasteiger partial charge in [-0.1, -0.05) is 11.6 Å². The van der Waals surface area contributed by atoms with Gasteiger partial charge in [-0.05, 0) is 37.3 Å². The summed E-state index contributed by atoms with van der Waals surface area (Å²) in [5.41, 5.74) is 2.19. The fraction of sp³-hybridized carbons (Fsp3) is 0.176. The van der Waals surface area contributed by atoms with Gasteiger partial charge >= 0.3 is 0 Å². The normalized spacial score (nSPS) is 11.5. The molecule has 0 N–H and O–H groups in total. The zero-order chi connectivity index (χ0) is 18.0. The number of ether oxygens (including phenoxy) is 1. The summed E-state index contributed by atoms with van der Waals surface area (Å²) in [6.45, 7) is 2.43. The molecule has 0 spiro atoms. The molecular weight excluding hydrogens is 362 g/mol. The van der Waals surface area contributed by atoms with Crippen molar-refractivity contribution in [2.45, 2.75) is 11.8 Å². The lowest BCUT2D eigenvalue weighted by Gasteiger charge is -2.10. The predicted octanol–water partition coefficient (Wildman–Crippen LogP) is 3.39. The Hall–Kier alpha value is -2.38. The van der Waals surface area contributed by atoms with Gasteiger partial charge < -0.3 is 4.74 Å². The van der Waals surface area contributed by atoms with Crippen LogP contribution in [0.3, 0.4) is 0 Å². The smallest absolute Gasteiger partial charge is 0.213 e. The summed E-state index contributed by atoms with van der Waals surface area (Å²) in [4.78, 5) is 8.65. The number of rotatable bonds is 5. The van der Waals surface area contributed by atoms with Crippen LogP contribution in [0.1, 0.15) is 6.92 Å². The van der Waals surface area contributed by atoms with Crippen molar-refractivity contribution in [3.8, 4) is 22.8 Å². The lowest BCUT2D eigenvalue weighted by Crippen LogP contribution is -2.00. The highest BCUT2D eigenvalue weighted by molar-refractivity contribution is 7.90. The van der Waals surface area contributed by atoms with E-state index in [0.29, 0.717) is 23.3 Å². The molecule has 1 aromatic carbocycles. The largest absolute Gasteiger partial charge is 0.478 e. The van der Waals surface area contributed by atoms with E-state index in [1.165, 1.54) is 6.26 Å². The number of nitrogens with zero attached hydrogens (tertiary/aromatic N) is 3. The highest BCUT2D eigenvalue weighted by Crippen LogP contribution is 2.30. The Kier molecular flexibility index (Phi) is 4.78. The lowest BCUT2D eigenvalue weighted by molar-refractivity contribution is 0.327. The van der Waals surface area contributed by atoms with E-state index in [9.17, 15) is 8.42 Å². The Morgan fingerprint density at radius 1 is 1.12 bits per heavy atom. The third kappa shape index (κ3) is 3.67. The monoisotopic (exact) mass is 377 g/mol. The molecular formula is C17H16ClN3O3S. The molecule has 0 atom stereocenters. The first-order valence-electron chi connectivity index (χ1n) is 7.52. The summed E-state index contributed by atoms with van der Waals surface area (Å²) in [6, 6.07) is 10.1. The van der Waals surface area contributed by atoms with Crippen molar-refractivity contribution in [1.82, 2.24) is 14.5 Å². The quantitative estimate of drug-likeness (QED) is 0.681. The Bertz CT molecular complexity index is 981. The zero-order valence-electron chi connectivity index (χ0n) is 13.7. The third-order valence-corrected chi connectivity index (χ3v) is 4.97. The van der Waals surface area contributed by atoms with Crippen LogP contribution in [0, 0.1) is 0 Å². The van der Waals surface area contributed by atoms with Crippen molar-refractivity contribution in [1.29, 1.82) is 0 Å². The van der Waals surface area contributed by atoms with Gasteiger partial charge in [0.05, 0.1) is 17.2 Å². The predicted molar refractivity (Wildman–Crippen MR) is 96.1 cm³/mol. The van der Waals surface area contributed by atoms with Crippen LogP contribution in [-0.4, -0.2) is 35.8 Å². The van der Waals surface area contributed by atoms with Gasteiger partial charge in [0, 0.05) is 29.8 Å². The molecule has 0 radical (unpaired) electrons. The molecule has 2 aromatic heterocycles. The van der Waals surface area contributed by atoms with Gasteiger partial charge in [0.15, 0.2) is 15.0 Å². The average Bonchev–Trinajstić information content (AvgIpc) is 2.97. The minimum atomic E-state index is -3.24. The second-order valence-corrected chi connectivity index (χ2v) is 7.71. The highest BCUT2D eigenvalue weighted by atomic mass is 35.5. The molecule has 0 saturated heterocycles. The van der Waals surface area contributed by atoms with E-state index in [0.717, 1.165) is 11.3 Å². The molecule has 0 bridgehead atoms. The van der Waals surface area contributed by atoms with Gasteiger partial charge in [-0.2, -0.15) is 0 Å². The maximum atomic E-state index is 11.6. The highest BCUT2D eigenvalue weighted by Gasteiger charge is 2.14. The second kappa shape index (κ2) is 6.85. The van der Waals surface area contributed by atoms with Gasteiger partial charge in [-0.15, -0.1) is 0 Å². The molecule has 0 saturated carbocycles. The number of halogens is 1. The Balaban J connectivity index is 2.02. The van der Waals surface area contributed by atoms with Gasteiger partial charge in [-0.25, -0.2) is 18.4 Å². The first-order chi connectivity index (χ1) is 11.9. The average molecular weight is 378 g/mol. The van der Waals surface area contributed by atoms with Crippen molar-refractivity contribution >= 4 is 21.4 Å². The van der Waals surface area contributed by atoms with Crippen LogP contribution in [0.4, 0.5) is 0 Å². The minimum absolute atomic E-state index is 0.256. The van der Waals surface area contributed by atoms with E-state index in [-0.39, 0.29) is 4.90 Å². The van der Waals surface area contributed by atoms with Crippen LogP contribution in [0.15, 0.2) is 53.8 Å². The van der Waals surface area contributed by atoms with Crippen LogP contribution in [0.5, 0.6) is 5.88 Å². The first-order valence-corrected chi connectivity index (χ1v) is 9.79. The number of aromatic nitrogens is 3. The summed E-state index contributed by atoms with van der Waals surface area (Å²) >= 11 is 6.25. The molecule has 25 heavy (non-hydrogen) atoms. The molecule has 3 aromatic rings. The molecule has 0 aliphatic heterocycles. The number of imidazole rings is 1. The minimum Gasteiger partial charge on any atom is -0.478 e. The molecule has 0 amide bonds. The van der Waals surface area contributed by atoms with Crippen LogP contribution < -0.4 is 4.74 Å². The van der Waals surface area contributed by atoms with Gasteiger partial charge in [0.1, 0.15) is 6.33 Å². The van der Waals surface area contributed by atoms with Gasteiger partial charge in [0.2, 0.25) is 5.88 Å². The molecule has 2 heterocycles. The molecule has 0 aliphatic rings. The van der Waals surface area contributed by atoms with Crippen LogP contribution in [0.2, 0.25) is 5.15 Å². The number of hydrogen-bond acceptors (Lipinski definition) is 5. The van der Waals surface area contributed by atoms with Crippen LogP contribution in [-0.2, 0) is 9.84 Å². The summed E-state index contributed by atoms with van der Waals surface area (Å²) in [5, 5.41) is 0.332. The fourth-order valence-corrected chi connectivity index (χ4v) is 3.26. The van der Waals surface area contributed by atoms with Crippen LogP contribution >= 0.6 is 11.6 Å². The molecule has 130 valence electrons. The van der Waals surface area contributed by atoms with E-state index in [4.69, 9.17) is 16.3 Å². The van der Waals surface area contributed by atoms with E-state index in [1.54, 1.807) is 47.4 Å². The van der Waals surface area contributed by atoms with E-state index in [2.05, 4.69) is 9.97 Å². The van der Waals surface area contributed by atoms with E-state index >= 15 is 0 Å². The maximum Gasteiger partial charge on any atom is 0.213 e. The molecule has 0 unspecified atom stereocenters. The van der Waals surface area contributed by atoms with Crippen molar-refractivity contribution in [3.05, 3.63) is 54.1 Å². The first kappa shape index (κ1) is 17.4. The van der Waals surface area contributed by atoms with E-state index in [1.807, 2.05) is 13.0 Å². The van der Waals surface area contributed by atoms with Crippen molar-refractivity contribution in [3.63, 3.8) is 0 Å². The number of benzene rings is 1. The summed E-state index contributed by atoms with van der Waals surface area (Å²) in [5.74, 6) is 0.533. The van der Waals surface area contributed by atoms with Crippen molar-refractivity contribution in [2.24, 2.45) is 0 Å². The van der Waals surface area contributed by atoms with Crippen molar-refractivity contribution in [2.75, 3.05) is 12.9 Å². The summed E-state index contributed by atoms with van der Waals surface area (Å²) in [7, 11) is -3.24. The summed E-state index contributed by atoms with van der Waals surface area (Å²) < 4.78 is 30.3. The lowest BCUT2D eigenvalue weighted by atomic mass is 10.2. The SMILES string of the molecule is CCOc1ccc(-c2c(Cl)ncn2-c2ccc(S(C)(=O)=O)cc2)cn1. The number of sulfone groups is 1. The van der Waals surface area contributed by atoms with Gasteiger partial charge in [0.25, 0.3) is 0 Å². The number of pyridine rings is 1. The van der Waals surface area contributed by atoms with Gasteiger partial charge in [-0.3, -0.25) is 4.57 Å². The Morgan fingerprint density at radius 3 is 2.40 bits per heavy atom. The zero-order valence-corrected chi connectivity index (χ0v) is 15.3. The molecule has 0 aliphatic carbocycles. The molecule has 0 fully saturated rings. The Morgan fingerprint density at radius 2 is 1.84 bits per heavy atom.